The van der Waals surface area contributed by atoms with Crippen LogP contribution in [-0.4, -0.2) is 14.2 Å². The molecule has 188 valence electrons. The summed E-state index contributed by atoms with van der Waals surface area (Å²) in [4.78, 5) is 0. The van der Waals surface area contributed by atoms with E-state index in [4.69, 9.17) is 9.47 Å². The van der Waals surface area contributed by atoms with Gasteiger partial charge in [-0.3, -0.25) is 0 Å². The molecule has 2 nitrogen and oxygen atoms in total. The van der Waals surface area contributed by atoms with E-state index >= 15 is 0 Å². The van der Waals surface area contributed by atoms with Crippen LogP contribution in [0.15, 0.2) is 120 Å². The normalized spacial score (nSPS) is 11.5. The van der Waals surface area contributed by atoms with Crippen molar-refractivity contribution in [1.29, 1.82) is 0 Å². The largest absolute Gasteiger partial charge is 0.497 e. The molecule has 0 saturated heterocycles. The van der Waals surface area contributed by atoms with E-state index in [1.54, 1.807) is 14.2 Å². The zero-order valence-corrected chi connectivity index (χ0v) is 23.3. The van der Waals surface area contributed by atoms with Crippen molar-refractivity contribution in [2.24, 2.45) is 0 Å². The van der Waals surface area contributed by atoms with Crippen molar-refractivity contribution in [3.63, 3.8) is 0 Å². The van der Waals surface area contributed by atoms with Crippen LogP contribution in [0.3, 0.4) is 0 Å². The minimum Gasteiger partial charge on any atom is -0.497 e. The van der Waals surface area contributed by atoms with Gasteiger partial charge < -0.3 is 9.47 Å². The summed E-state index contributed by atoms with van der Waals surface area (Å²) in [5, 5.41) is 2.57. The molecule has 6 aromatic carbocycles. The van der Waals surface area contributed by atoms with E-state index < -0.39 is 0 Å². The van der Waals surface area contributed by atoms with E-state index in [1.165, 1.54) is 49.7 Å². The van der Waals surface area contributed by atoms with Crippen LogP contribution in [-0.2, 0) is 0 Å². The Kier molecular flexibility index (Phi) is 5.75. The number of fused-ring (bicyclic) bond motifs is 3. The van der Waals surface area contributed by atoms with Crippen LogP contribution in [0.25, 0.3) is 66.4 Å². The lowest BCUT2D eigenvalue weighted by atomic mass is 9.82. The van der Waals surface area contributed by atoms with Crippen LogP contribution in [0.4, 0.5) is 0 Å². The van der Waals surface area contributed by atoms with Gasteiger partial charge in [-0.15, -0.1) is 0 Å². The molecule has 0 unspecified atom stereocenters. The highest BCUT2D eigenvalue weighted by atomic mass is 79.9. The summed E-state index contributed by atoms with van der Waals surface area (Å²) >= 11 is 3.72. The average molecular weight is 569 g/mol. The Morgan fingerprint density at radius 1 is 0.462 bits per heavy atom. The minimum atomic E-state index is 0.847. The highest BCUT2D eigenvalue weighted by Crippen LogP contribution is 2.57. The first-order valence-electron chi connectivity index (χ1n) is 12.9. The van der Waals surface area contributed by atoms with E-state index in [-0.39, 0.29) is 0 Å². The van der Waals surface area contributed by atoms with Crippen molar-refractivity contribution in [3.8, 4) is 67.1 Å². The van der Waals surface area contributed by atoms with Crippen LogP contribution in [0.2, 0.25) is 0 Å². The first kappa shape index (κ1) is 23.8. The maximum atomic E-state index is 5.51. The highest BCUT2D eigenvalue weighted by molar-refractivity contribution is 9.10. The highest BCUT2D eigenvalue weighted by Gasteiger charge is 2.30. The summed E-state index contributed by atoms with van der Waals surface area (Å²) in [5.74, 6) is 1.70. The molecule has 0 atom stereocenters. The van der Waals surface area contributed by atoms with Crippen molar-refractivity contribution >= 4 is 26.7 Å². The summed E-state index contributed by atoms with van der Waals surface area (Å²) in [7, 11) is 3.42. The number of benzene rings is 6. The van der Waals surface area contributed by atoms with Crippen LogP contribution >= 0.6 is 15.9 Å². The van der Waals surface area contributed by atoms with E-state index in [9.17, 15) is 0 Å². The quantitative estimate of drug-likeness (QED) is 0.205. The van der Waals surface area contributed by atoms with Gasteiger partial charge >= 0.3 is 0 Å². The molecule has 0 saturated carbocycles. The molecule has 0 aliphatic heterocycles. The van der Waals surface area contributed by atoms with Gasteiger partial charge in [0, 0.05) is 4.47 Å². The molecule has 0 radical (unpaired) electrons. The number of halogens is 1. The van der Waals surface area contributed by atoms with Gasteiger partial charge in [0.2, 0.25) is 0 Å². The minimum absolute atomic E-state index is 0.847. The molecule has 0 amide bonds. The number of ether oxygens (including phenoxy) is 2. The van der Waals surface area contributed by atoms with Crippen molar-refractivity contribution in [2.75, 3.05) is 14.2 Å². The van der Waals surface area contributed by atoms with Crippen LogP contribution in [0, 0.1) is 0 Å². The van der Waals surface area contributed by atoms with Gasteiger partial charge in [-0.25, -0.2) is 0 Å². The zero-order valence-electron chi connectivity index (χ0n) is 21.7. The maximum Gasteiger partial charge on any atom is 0.118 e. The molecule has 0 N–H and O–H groups in total. The van der Waals surface area contributed by atoms with E-state index in [2.05, 4.69) is 107 Å². The summed E-state index contributed by atoms with van der Waals surface area (Å²) in [6.07, 6.45) is 0. The van der Waals surface area contributed by atoms with Crippen molar-refractivity contribution in [2.45, 2.75) is 0 Å². The fraction of sp³-hybridized carbons (Fsp3) is 0.0556. The third kappa shape index (κ3) is 3.85. The number of rotatable bonds is 5. The Hall–Kier alpha value is -4.34. The average Bonchev–Trinajstić information content (AvgIpc) is 3.33. The second kappa shape index (κ2) is 9.44. The molecule has 6 aromatic rings. The smallest absolute Gasteiger partial charge is 0.118 e. The van der Waals surface area contributed by atoms with Gasteiger partial charge in [0.05, 0.1) is 14.2 Å². The predicted molar refractivity (Wildman–Crippen MR) is 165 cm³/mol. The molecule has 0 heterocycles. The van der Waals surface area contributed by atoms with Crippen molar-refractivity contribution in [3.05, 3.63) is 120 Å². The molecule has 3 heteroatoms. The first-order chi connectivity index (χ1) is 19.2. The van der Waals surface area contributed by atoms with E-state index in [0.29, 0.717) is 0 Å². The summed E-state index contributed by atoms with van der Waals surface area (Å²) in [6, 6.07) is 41.1. The SMILES string of the molecule is COc1ccc(-c2cc(-c3cccc(Br)c3)c(-c3ccc(OC)cc3)c3c2-c2cccc4cccc-3c24)cc1. The van der Waals surface area contributed by atoms with Gasteiger partial charge in [0.25, 0.3) is 0 Å². The number of hydrogen-bond donors (Lipinski definition) is 0. The van der Waals surface area contributed by atoms with Gasteiger partial charge in [0.15, 0.2) is 0 Å². The molecule has 1 aliphatic rings. The lowest BCUT2D eigenvalue weighted by molar-refractivity contribution is 0.415. The molecular formula is C36H25BrO2. The Bertz CT molecular complexity index is 1860. The number of methoxy groups -OCH3 is 2. The lowest BCUT2D eigenvalue weighted by Gasteiger charge is -2.21. The van der Waals surface area contributed by atoms with Gasteiger partial charge in [-0.2, -0.15) is 0 Å². The van der Waals surface area contributed by atoms with Gasteiger partial charge in [-0.1, -0.05) is 88.7 Å². The van der Waals surface area contributed by atoms with Crippen molar-refractivity contribution in [1.82, 2.24) is 0 Å². The zero-order chi connectivity index (χ0) is 26.5. The third-order valence-corrected chi connectivity index (χ3v) is 8.18. The second-order valence-electron chi connectivity index (χ2n) is 9.77. The Morgan fingerprint density at radius 3 is 1.64 bits per heavy atom. The second-order valence-corrected chi connectivity index (χ2v) is 10.7. The van der Waals surface area contributed by atoms with Crippen LogP contribution in [0.1, 0.15) is 0 Å². The molecule has 0 spiro atoms. The molecule has 0 aromatic heterocycles. The fourth-order valence-corrected chi connectivity index (χ4v) is 6.33. The molecule has 1 aliphatic carbocycles. The van der Waals surface area contributed by atoms with Gasteiger partial charge in [0.1, 0.15) is 11.5 Å². The standard InChI is InChI=1S/C36H25BrO2/c1-38-27-16-12-22(13-17-27)31-21-32(25-8-3-9-26(37)20-25)34(24-14-18-28(39-2)19-15-24)36-30-11-5-7-23-6-4-10-29(33(23)30)35(31)36/h3-21H,1-2H3. The molecule has 0 fully saturated rings. The molecule has 0 bridgehead atoms. The molecular weight excluding hydrogens is 544 g/mol. The Balaban J connectivity index is 1.65. The molecule has 39 heavy (non-hydrogen) atoms. The molecule has 7 rings (SSSR count). The van der Waals surface area contributed by atoms with E-state index in [0.717, 1.165) is 32.7 Å². The van der Waals surface area contributed by atoms with Gasteiger partial charge in [-0.05, 0) is 109 Å². The number of hydrogen-bond acceptors (Lipinski definition) is 2. The van der Waals surface area contributed by atoms with E-state index in [1.807, 2.05) is 24.3 Å². The monoisotopic (exact) mass is 568 g/mol. The Morgan fingerprint density at radius 2 is 1.03 bits per heavy atom. The fourth-order valence-electron chi connectivity index (χ4n) is 5.93. The maximum absolute atomic E-state index is 5.51. The first-order valence-corrected chi connectivity index (χ1v) is 13.7. The van der Waals surface area contributed by atoms with Crippen molar-refractivity contribution < 1.29 is 9.47 Å². The summed E-state index contributed by atoms with van der Waals surface area (Å²) < 4.78 is 12.0. The Labute approximate surface area is 236 Å². The van der Waals surface area contributed by atoms with Crippen LogP contribution < -0.4 is 9.47 Å². The topological polar surface area (TPSA) is 18.5 Å². The summed E-state index contributed by atoms with van der Waals surface area (Å²) in [5.41, 5.74) is 12.2. The van der Waals surface area contributed by atoms with Crippen LogP contribution in [0.5, 0.6) is 11.5 Å². The predicted octanol–water partition coefficient (Wildman–Crippen LogP) is 10.3. The lowest BCUT2D eigenvalue weighted by Crippen LogP contribution is -1.95. The summed E-state index contributed by atoms with van der Waals surface area (Å²) in [6.45, 7) is 0. The third-order valence-electron chi connectivity index (χ3n) is 7.69.